The van der Waals surface area contributed by atoms with Crippen molar-refractivity contribution in [2.24, 2.45) is 5.73 Å². The molecule has 1 atom stereocenters. The lowest BCUT2D eigenvalue weighted by molar-refractivity contribution is 0.263. The molecule has 0 aliphatic heterocycles. The number of hydrogen-bond acceptors (Lipinski definition) is 3. The first-order chi connectivity index (χ1) is 6.24. The molecule has 0 spiro atoms. The first-order valence-electron chi connectivity index (χ1n) is 4.26. The monoisotopic (exact) mass is 203 g/mol. The van der Waals surface area contributed by atoms with Gasteiger partial charge in [-0.1, -0.05) is 11.6 Å². The molecule has 0 saturated carbocycles. The molecule has 0 aliphatic carbocycles. The van der Waals surface area contributed by atoms with Crippen LogP contribution in [0.2, 0.25) is 5.15 Å². The minimum atomic E-state index is -0.116. The van der Waals surface area contributed by atoms with Gasteiger partial charge in [0.1, 0.15) is 0 Å². The third-order valence-corrected chi connectivity index (χ3v) is 2.35. The lowest BCUT2D eigenvalue weighted by Crippen LogP contribution is -2.19. The van der Waals surface area contributed by atoms with E-state index in [9.17, 15) is 0 Å². The molecule has 0 amide bonds. The second-order valence-corrected chi connectivity index (χ2v) is 3.18. The van der Waals surface area contributed by atoms with Gasteiger partial charge >= 0.3 is 0 Å². The van der Waals surface area contributed by atoms with Crippen molar-refractivity contribution in [3.8, 4) is 0 Å². The lowest BCUT2D eigenvalue weighted by atomic mass is 10.1. The minimum absolute atomic E-state index is 0.00190. The normalized spacial score (nSPS) is 13.2. The van der Waals surface area contributed by atoms with E-state index >= 15 is 0 Å². The molecule has 5 heteroatoms. The standard InChI is InChI=1S/C8H14ClN3O/c1-2-12-5-11-8(9)7(12)6(3-10)4-13/h5-6,13H,2-4,10H2,1H3. The molecule has 1 aromatic rings. The van der Waals surface area contributed by atoms with Crippen LogP contribution in [0.1, 0.15) is 18.5 Å². The van der Waals surface area contributed by atoms with Crippen LogP contribution in [0.5, 0.6) is 0 Å². The molecular formula is C8H14ClN3O. The number of nitrogens with two attached hydrogens (primary N) is 1. The van der Waals surface area contributed by atoms with E-state index in [-0.39, 0.29) is 12.5 Å². The Morgan fingerprint density at radius 2 is 2.46 bits per heavy atom. The minimum Gasteiger partial charge on any atom is -0.396 e. The fourth-order valence-electron chi connectivity index (χ4n) is 1.29. The summed E-state index contributed by atoms with van der Waals surface area (Å²) in [5.41, 5.74) is 6.34. The van der Waals surface area contributed by atoms with Crippen molar-refractivity contribution in [2.75, 3.05) is 13.2 Å². The van der Waals surface area contributed by atoms with Crippen molar-refractivity contribution < 1.29 is 5.11 Å². The van der Waals surface area contributed by atoms with Crippen LogP contribution < -0.4 is 5.73 Å². The molecule has 1 unspecified atom stereocenters. The van der Waals surface area contributed by atoms with Crippen LogP contribution in [0.3, 0.4) is 0 Å². The molecule has 1 rings (SSSR count). The van der Waals surface area contributed by atoms with E-state index in [1.165, 1.54) is 0 Å². The quantitative estimate of drug-likeness (QED) is 0.753. The van der Waals surface area contributed by atoms with E-state index in [4.69, 9.17) is 22.4 Å². The van der Waals surface area contributed by atoms with Crippen LogP contribution >= 0.6 is 11.6 Å². The van der Waals surface area contributed by atoms with Gasteiger partial charge in [-0.25, -0.2) is 4.98 Å². The van der Waals surface area contributed by atoms with Crippen LogP contribution in [-0.4, -0.2) is 27.8 Å². The van der Waals surface area contributed by atoms with Crippen molar-refractivity contribution >= 4 is 11.6 Å². The predicted octanol–water partition coefficient (Wildman–Crippen LogP) is 0.591. The summed E-state index contributed by atoms with van der Waals surface area (Å²) in [7, 11) is 0. The number of rotatable bonds is 4. The molecule has 0 fully saturated rings. The third-order valence-electron chi connectivity index (χ3n) is 2.06. The number of aromatic nitrogens is 2. The molecule has 0 aliphatic rings. The van der Waals surface area contributed by atoms with Gasteiger partial charge in [0.2, 0.25) is 0 Å². The molecule has 0 bridgehead atoms. The summed E-state index contributed by atoms with van der Waals surface area (Å²) in [4.78, 5) is 3.97. The van der Waals surface area contributed by atoms with E-state index < -0.39 is 0 Å². The summed E-state index contributed by atoms with van der Waals surface area (Å²) in [5, 5.41) is 9.50. The molecule has 13 heavy (non-hydrogen) atoms. The zero-order valence-electron chi connectivity index (χ0n) is 7.57. The molecule has 1 aromatic heterocycles. The van der Waals surface area contributed by atoms with Gasteiger partial charge in [-0.15, -0.1) is 0 Å². The lowest BCUT2D eigenvalue weighted by Gasteiger charge is -2.13. The van der Waals surface area contributed by atoms with Crippen molar-refractivity contribution in [2.45, 2.75) is 19.4 Å². The van der Waals surface area contributed by atoms with Crippen LogP contribution in [0.25, 0.3) is 0 Å². The van der Waals surface area contributed by atoms with Gasteiger partial charge in [0.25, 0.3) is 0 Å². The highest BCUT2D eigenvalue weighted by molar-refractivity contribution is 6.30. The maximum absolute atomic E-state index is 9.06. The SMILES string of the molecule is CCn1cnc(Cl)c1C(CN)CO. The summed E-state index contributed by atoms with van der Waals surface area (Å²) >= 11 is 5.88. The first kappa shape index (κ1) is 10.5. The van der Waals surface area contributed by atoms with Gasteiger partial charge in [-0.05, 0) is 6.92 Å². The Bertz CT molecular complexity index is 270. The van der Waals surface area contributed by atoms with E-state index in [0.29, 0.717) is 11.7 Å². The van der Waals surface area contributed by atoms with E-state index in [1.54, 1.807) is 6.33 Å². The van der Waals surface area contributed by atoms with E-state index in [1.807, 2.05) is 11.5 Å². The van der Waals surface area contributed by atoms with Gasteiger partial charge in [-0.2, -0.15) is 0 Å². The molecule has 0 saturated heterocycles. The second-order valence-electron chi connectivity index (χ2n) is 2.82. The Labute approximate surface area is 82.3 Å². The highest BCUT2D eigenvalue weighted by atomic mass is 35.5. The predicted molar refractivity (Wildman–Crippen MR) is 51.8 cm³/mol. The Kier molecular flexibility index (Phi) is 3.71. The molecule has 0 radical (unpaired) electrons. The highest BCUT2D eigenvalue weighted by Crippen LogP contribution is 2.22. The molecule has 74 valence electrons. The molecule has 1 heterocycles. The fraction of sp³-hybridized carbons (Fsp3) is 0.625. The summed E-state index contributed by atoms with van der Waals surface area (Å²) in [6.45, 7) is 3.15. The van der Waals surface area contributed by atoms with Gasteiger partial charge in [-0.3, -0.25) is 0 Å². The number of hydrogen-bond donors (Lipinski definition) is 2. The number of aryl methyl sites for hydroxylation is 1. The number of imidazole rings is 1. The fourth-order valence-corrected chi connectivity index (χ4v) is 1.60. The largest absolute Gasteiger partial charge is 0.396 e. The van der Waals surface area contributed by atoms with Gasteiger partial charge < -0.3 is 15.4 Å². The molecule has 3 N–H and O–H groups in total. The van der Waals surface area contributed by atoms with Gasteiger partial charge in [0, 0.05) is 19.0 Å². The third kappa shape index (κ3) is 2.02. The van der Waals surface area contributed by atoms with Crippen LogP contribution in [-0.2, 0) is 6.54 Å². The number of aliphatic hydroxyl groups is 1. The Hall–Kier alpha value is -0.580. The van der Waals surface area contributed by atoms with Crippen molar-refractivity contribution in [3.63, 3.8) is 0 Å². The summed E-state index contributed by atoms with van der Waals surface area (Å²) in [6, 6.07) is 0. The summed E-state index contributed by atoms with van der Waals surface area (Å²) < 4.78 is 1.90. The highest BCUT2D eigenvalue weighted by Gasteiger charge is 2.17. The van der Waals surface area contributed by atoms with Crippen LogP contribution in [0.4, 0.5) is 0 Å². The number of nitrogens with zero attached hydrogens (tertiary/aromatic N) is 2. The number of halogens is 1. The summed E-state index contributed by atoms with van der Waals surface area (Å²) in [5.74, 6) is -0.116. The van der Waals surface area contributed by atoms with E-state index in [2.05, 4.69) is 4.98 Å². The van der Waals surface area contributed by atoms with Crippen molar-refractivity contribution in [1.29, 1.82) is 0 Å². The van der Waals surface area contributed by atoms with Crippen molar-refractivity contribution in [1.82, 2.24) is 9.55 Å². The van der Waals surface area contributed by atoms with Crippen LogP contribution in [0, 0.1) is 0 Å². The Balaban J connectivity index is 3.01. The van der Waals surface area contributed by atoms with Crippen molar-refractivity contribution in [3.05, 3.63) is 17.2 Å². The topological polar surface area (TPSA) is 64.1 Å². The second kappa shape index (κ2) is 4.60. The molecular weight excluding hydrogens is 190 g/mol. The Morgan fingerprint density at radius 1 is 1.77 bits per heavy atom. The average Bonchev–Trinajstić information content (AvgIpc) is 2.51. The van der Waals surface area contributed by atoms with Gasteiger partial charge in [0.05, 0.1) is 18.6 Å². The average molecular weight is 204 g/mol. The van der Waals surface area contributed by atoms with E-state index in [0.717, 1.165) is 12.2 Å². The Morgan fingerprint density at radius 3 is 2.92 bits per heavy atom. The maximum Gasteiger partial charge on any atom is 0.150 e. The number of aliphatic hydroxyl groups excluding tert-OH is 1. The smallest absolute Gasteiger partial charge is 0.150 e. The maximum atomic E-state index is 9.06. The zero-order valence-corrected chi connectivity index (χ0v) is 8.33. The zero-order chi connectivity index (χ0) is 9.84. The van der Waals surface area contributed by atoms with Crippen LogP contribution in [0.15, 0.2) is 6.33 Å². The van der Waals surface area contributed by atoms with Gasteiger partial charge in [0.15, 0.2) is 5.15 Å². The first-order valence-corrected chi connectivity index (χ1v) is 4.63. The summed E-state index contributed by atoms with van der Waals surface area (Å²) in [6.07, 6.45) is 1.66. The molecule has 4 nitrogen and oxygen atoms in total. The molecule has 0 aromatic carbocycles.